The molecule has 118 valence electrons. The predicted octanol–water partition coefficient (Wildman–Crippen LogP) is 1.04. The molecule has 1 heterocycles. The van der Waals surface area contributed by atoms with Gasteiger partial charge in [0.25, 0.3) is 10.2 Å². The fraction of sp³-hybridized carbons (Fsp3) is 1.00. The quantitative estimate of drug-likeness (QED) is 0.735. The number of nitrogens with zero attached hydrogens (tertiary/aromatic N) is 1. The van der Waals surface area contributed by atoms with E-state index in [0.29, 0.717) is 25.6 Å². The molecule has 0 aromatic heterocycles. The van der Waals surface area contributed by atoms with Crippen molar-refractivity contribution in [2.45, 2.75) is 36.9 Å². The molecule has 1 aliphatic carbocycles. The Hall–Kier alpha value is 0.180. The largest absolute Gasteiger partial charge is 0.319 e. The van der Waals surface area contributed by atoms with E-state index in [9.17, 15) is 8.42 Å². The van der Waals surface area contributed by atoms with E-state index in [4.69, 9.17) is 0 Å². The van der Waals surface area contributed by atoms with Crippen molar-refractivity contribution in [3.63, 3.8) is 0 Å². The first-order valence-corrected chi connectivity index (χ1v) is 10.1. The lowest BCUT2D eigenvalue weighted by Gasteiger charge is -2.41. The standard InChI is InChI=1S/C13H27N3O2S2/c1-14-10-12-4-8-16(9-5-12)20(17,18)15-11-13(19-2)6-3-7-13/h12,14-15H,3-11H2,1-2H3. The topological polar surface area (TPSA) is 61.4 Å². The van der Waals surface area contributed by atoms with Crippen LogP contribution in [-0.4, -0.2) is 57.0 Å². The summed E-state index contributed by atoms with van der Waals surface area (Å²) in [5, 5.41) is 3.17. The number of hydrogen-bond acceptors (Lipinski definition) is 4. The van der Waals surface area contributed by atoms with Crippen LogP contribution < -0.4 is 10.0 Å². The average Bonchev–Trinajstić information content (AvgIpc) is 2.39. The highest BCUT2D eigenvalue weighted by Gasteiger charge is 2.38. The maximum absolute atomic E-state index is 12.3. The van der Waals surface area contributed by atoms with Gasteiger partial charge in [-0.15, -0.1) is 0 Å². The Labute approximate surface area is 127 Å². The van der Waals surface area contributed by atoms with Gasteiger partial charge in [0.15, 0.2) is 0 Å². The van der Waals surface area contributed by atoms with E-state index in [1.807, 2.05) is 7.05 Å². The van der Waals surface area contributed by atoms with E-state index in [2.05, 4.69) is 16.3 Å². The first-order chi connectivity index (χ1) is 9.51. The van der Waals surface area contributed by atoms with Gasteiger partial charge in [0.2, 0.25) is 0 Å². The minimum atomic E-state index is -3.29. The fourth-order valence-corrected chi connectivity index (χ4v) is 5.32. The molecule has 7 heteroatoms. The summed E-state index contributed by atoms with van der Waals surface area (Å²) in [4.78, 5) is 0. The molecule has 1 aliphatic heterocycles. The average molecular weight is 322 g/mol. The SMILES string of the molecule is CNCC1CCN(S(=O)(=O)NCC2(SC)CCC2)CC1. The molecule has 0 aromatic rings. The first kappa shape index (κ1) is 16.5. The van der Waals surface area contributed by atoms with Crippen LogP contribution in [0.1, 0.15) is 32.1 Å². The van der Waals surface area contributed by atoms with E-state index in [1.54, 1.807) is 16.1 Å². The summed E-state index contributed by atoms with van der Waals surface area (Å²) in [6, 6.07) is 0. The van der Waals surface area contributed by atoms with Gasteiger partial charge in [-0.05, 0) is 51.4 Å². The van der Waals surface area contributed by atoms with Crippen molar-refractivity contribution in [3.8, 4) is 0 Å². The molecule has 0 amide bonds. The molecule has 0 aromatic carbocycles. The zero-order chi connectivity index (χ0) is 14.6. The van der Waals surface area contributed by atoms with Gasteiger partial charge in [-0.3, -0.25) is 0 Å². The lowest BCUT2D eigenvalue weighted by molar-refractivity contribution is 0.266. The van der Waals surface area contributed by atoms with Gasteiger partial charge >= 0.3 is 0 Å². The highest BCUT2D eigenvalue weighted by molar-refractivity contribution is 8.00. The highest BCUT2D eigenvalue weighted by atomic mass is 32.2. The molecular weight excluding hydrogens is 294 g/mol. The summed E-state index contributed by atoms with van der Waals surface area (Å²) >= 11 is 1.80. The molecular formula is C13H27N3O2S2. The number of rotatable bonds is 7. The smallest absolute Gasteiger partial charge is 0.279 e. The number of nitrogens with one attached hydrogen (secondary N) is 2. The highest BCUT2D eigenvalue weighted by Crippen LogP contribution is 2.42. The van der Waals surface area contributed by atoms with E-state index >= 15 is 0 Å². The van der Waals surface area contributed by atoms with Crippen LogP contribution in [-0.2, 0) is 10.2 Å². The molecule has 2 N–H and O–H groups in total. The summed E-state index contributed by atoms with van der Waals surface area (Å²) in [5.74, 6) is 0.607. The maximum Gasteiger partial charge on any atom is 0.279 e. The minimum absolute atomic E-state index is 0.150. The third-order valence-electron chi connectivity index (χ3n) is 4.68. The van der Waals surface area contributed by atoms with Crippen molar-refractivity contribution in [2.75, 3.05) is 39.5 Å². The molecule has 1 saturated heterocycles. The summed E-state index contributed by atoms with van der Waals surface area (Å²) in [6.45, 7) is 2.85. The summed E-state index contributed by atoms with van der Waals surface area (Å²) < 4.78 is 29.3. The van der Waals surface area contributed by atoms with E-state index in [1.165, 1.54) is 6.42 Å². The minimum Gasteiger partial charge on any atom is -0.319 e. The van der Waals surface area contributed by atoms with Crippen molar-refractivity contribution >= 4 is 22.0 Å². The van der Waals surface area contributed by atoms with Gasteiger partial charge in [-0.2, -0.15) is 24.5 Å². The zero-order valence-corrected chi connectivity index (χ0v) is 14.2. The van der Waals surface area contributed by atoms with Gasteiger partial charge in [0.1, 0.15) is 0 Å². The Balaban J connectivity index is 1.82. The normalized spacial score (nSPS) is 24.5. The lowest BCUT2D eigenvalue weighted by Crippen LogP contribution is -2.51. The monoisotopic (exact) mass is 321 g/mol. The van der Waals surface area contributed by atoms with Gasteiger partial charge in [0, 0.05) is 24.4 Å². The molecule has 2 rings (SSSR count). The van der Waals surface area contributed by atoms with Gasteiger partial charge < -0.3 is 5.32 Å². The molecule has 1 saturated carbocycles. The molecule has 0 unspecified atom stereocenters. The van der Waals surface area contributed by atoms with Crippen LogP contribution >= 0.6 is 11.8 Å². The van der Waals surface area contributed by atoms with Crippen LogP contribution in [0, 0.1) is 5.92 Å². The van der Waals surface area contributed by atoms with E-state index < -0.39 is 10.2 Å². The van der Waals surface area contributed by atoms with Crippen molar-refractivity contribution < 1.29 is 8.42 Å². The lowest BCUT2D eigenvalue weighted by atomic mass is 9.84. The zero-order valence-electron chi connectivity index (χ0n) is 12.5. The van der Waals surface area contributed by atoms with Crippen LogP contribution in [0.15, 0.2) is 0 Å². The van der Waals surface area contributed by atoms with Crippen molar-refractivity contribution in [1.82, 2.24) is 14.3 Å². The summed E-state index contributed by atoms with van der Waals surface area (Å²) in [5.41, 5.74) is 0. The predicted molar refractivity (Wildman–Crippen MR) is 85.2 cm³/mol. The maximum atomic E-state index is 12.3. The van der Waals surface area contributed by atoms with E-state index in [0.717, 1.165) is 32.2 Å². The second-order valence-electron chi connectivity index (χ2n) is 5.97. The van der Waals surface area contributed by atoms with Crippen molar-refractivity contribution in [1.29, 1.82) is 0 Å². The molecule has 0 radical (unpaired) electrons. The van der Waals surface area contributed by atoms with Crippen LogP contribution in [0.4, 0.5) is 0 Å². The molecule has 2 fully saturated rings. The van der Waals surface area contributed by atoms with Crippen molar-refractivity contribution in [3.05, 3.63) is 0 Å². The number of hydrogen-bond donors (Lipinski definition) is 2. The van der Waals surface area contributed by atoms with Crippen LogP contribution in [0.25, 0.3) is 0 Å². The van der Waals surface area contributed by atoms with Gasteiger partial charge in [-0.1, -0.05) is 6.42 Å². The molecule has 0 spiro atoms. The Morgan fingerprint density at radius 2 is 1.95 bits per heavy atom. The molecule has 0 atom stereocenters. The van der Waals surface area contributed by atoms with Crippen LogP contribution in [0.5, 0.6) is 0 Å². The third kappa shape index (κ3) is 3.88. The molecule has 5 nitrogen and oxygen atoms in total. The fourth-order valence-electron chi connectivity index (χ4n) is 2.98. The summed E-state index contributed by atoms with van der Waals surface area (Å²) in [7, 11) is -1.34. The van der Waals surface area contributed by atoms with Crippen LogP contribution in [0.2, 0.25) is 0 Å². The Bertz CT molecular complexity index is 396. The van der Waals surface area contributed by atoms with Gasteiger partial charge in [0.05, 0.1) is 0 Å². The third-order valence-corrected chi connectivity index (χ3v) is 7.65. The molecule has 20 heavy (non-hydrogen) atoms. The second kappa shape index (κ2) is 6.96. The molecule has 0 bridgehead atoms. The number of piperidine rings is 1. The Kier molecular flexibility index (Phi) is 5.76. The Morgan fingerprint density at radius 3 is 2.40 bits per heavy atom. The van der Waals surface area contributed by atoms with Crippen LogP contribution in [0.3, 0.4) is 0 Å². The van der Waals surface area contributed by atoms with E-state index in [-0.39, 0.29) is 4.75 Å². The second-order valence-corrected chi connectivity index (χ2v) is 9.00. The van der Waals surface area contributed by atoms with Crippen molar-refractivity contribution in [2.24, 2.45) is 5.92 Å². The summed E-state index contributed by atoms with van der Waals surface area (Å²) in [6.07, 6.45) is 7.46. The first-order valence-electron chi connectivity index (χ1n) is 7.46. The molecule has 2 aliphatic rings. The van der Waals surface area contributed by atoms with Gasteiger partial charge in [-0.25, -0.2) is 4.72 Å². The Morgan fingerprint density at radius 1 is 1.30 bits per heavy atom. The number of thioether (sulfide) groups is 1.